The SMILES string of the molecule is CN(CC1CC(O)C1)C(=O)CCC1CCNC1. The van der Waals surface area contributed by atoms with Gasteiger partial charge in [-0.15, -0.1) is 0 Å². The molecule has 98 valence electrons. The van der Waals surface area contributed by atoms with E-state index in [1.807, 2.05) is 11.9 Å². The molecule has 2 N–H and O–H groups in total. The van der Waals surface area contributed by atoms with E-state index in [4.69, 9.17) is 0 Å². The monoisotopic (exact) mass is 240 g/mol. The summed E-state index contributed by atoms with van der Waals surface area (Å²) >= 11 is 0. The second-order valence-corrected chi connectivity index (χ2v) is 5.66. The molecule has 17 heavy (non-hydrogen) atoms. The predicted molar refractivity (Wildman–Crippen MR) is 66.6 cm³/mol. The summed E-state index contributed by atoms with van der Waals surface area (Å²) in [7, 11) is 1.89. The molecule has 2 rings (SSSR count). The molecule has 1 saturated carbocycles. The molecular weight excluding hydrogens is 216 g/mol. The molecular formula is C13H24N2O2. The molecule has 1 amide bonds. The van der Waals surface area contributed by atoms with Crippen LogP contribution in [0.25, 0.3) is 0 Å². The number of nitrogens with zero attached hydrogens (tertiary/aromatic N) is 1. The van der Waals surface area contributed by atoms with Crippen LogP contribution in [0.15, 0.2) is 0 Å². The summed E-state index contributed by atoms with van der Waals surface area (Å²) in [5.41, 5.74) is 0. The third-order valence-corrected chi connectivity index (χ3v) is 4.10. The van der Waals surface area contributed by atoms with Crippen molar-refractivity contribution in [2.45, 2.75) is 38.2 Å². The first-order valence-corrected chi connectivity index (χ1v) is 6.78. The Labute approximate surface area is 103 Å². The molecule has 0 aromatic carbocycles. The van der Waals surface area contributed by atoms with E-state index in [0.29, 0.717) is 18.3 Å². The van der Waals surface area contributed by atoms with E-state index in [2.05, 4.69) is 5.32 Å². The smallest absolute Gasteiger partial charge is 0.222 e. The van der Waals surface area contributed by atoms with Crippen LogP contribution >= 0.6 is 0 Å². The number of hydrogen-bond acceptors (Lipinski definition) is 3. The predicted octanol–water partition coefficient (Wildman–Crippen LogP) is 0.605. The fraction of sp³-hybridized carbons (Fsp3) is 0.923. The first-order valence-electron chi connectivity index (χ1n) is 6.78. The van der Waals surface area contributed by atoms with Crippen LogP contribution in [0.3, 0.4) is 0 Å². The summed E-state index contributed by atoms with van der Waals surface area (Å²) < 4.78 is 0. The quantitative estimate of drug-likeness (QED) is 0.740. The van der Waals surface area contributed by atoms with Gasteiger partial charge in [-0.3, -0.25) is 4.79 Å². The summed E-state index contributed by atoms with van der Waals surface area (Å²) in [6, 6.07) is 0. The number of carbonyl (C=O) groups is 1. The minimum atomic E-state index is -0.118. The Kier molecular flexibility index (Phi) is 4.40. The van der Waals surface area contributed by atoms with Gasteiger partial charge in [0.25, 0.3) is 0 Å². The minimum absolute atomic E-state index is 0.118. The standard InChI is InChI=1S/C13H24N2O2/c1-15(9-11-6-12(16)7-11)13(17)3-2-10-4-5-14-8-10/h10-12,14,16H,2-9H2,1H3. The fourth-order valence-corrected chi connectivity index (χ4v) is 2.82. The van der Waals surface area contributed by atoms with Crippen LogP contribution in [-0.2, 0) is 4.79 Å². The van der Waals surface area contributed by atoms with Crippen LogP contribution < -0.4 is 5.32 Å². The summed E-state index contributed by atoms with van der Waals surface area (Å²) in [6.07, 6.45) is 4.52. The van der Waals surface area contributed by atoms with Gasteiger partial charge in [-0.1, -0.05) is 0 Å². The van der Waals surface area contributed by atoms with Gasteiger partial charge in [-0.05, 0) is 50.6 Å². The molecule has 0 radical (unpaired) electrons. The van der Waals surface area contributed by atoms with E-state index < -0.39 is 0 Å². The fourth-order valence-electron chi connectivity index (χ4n) is 2.82. The molecule has 2 aliphatic rings. The van der Waals surface area contributed by atoms with Crippen molar-refractivity contribution < 1.29 is 9.90 Å². The highest BCUT2D eigenvalue weighted by atomic mass is 16.3. The van der Waals surface area contributed by atoms with Crippen LogP contribution in [-0.4, -0.2) is 48.7 Å². The third kappa shape index (κ3) is 3.68. The lowest BCUT2D eigenvalue weighted by molar-refractivity contribution is -0.131. The van der Waals surface area contributed by atoms with Crippen molar-refractivity contribution in [3.8, 4) is 0 Å². The lowest BCUT2D eigenvalue weighted by Gasteiger charge is -2.34. The van der Waals surface area contributed by atoms with Crippen molar-refractivity contribution in [2.75, 3.05) is 26.7 Å². The van der Waals surface area contributed by atoms with Crippen molar-refractivity contribution in [3.05, 3.63) is 0 Å². The lowest BCUT2D eigenvalue weighted by atomic mass is 9.82. The second-order valence-electron chi connectivity index (χ2n) is 5.66. The van der Waals surface area contributed by atoms with Crippen molar-refractivity contribution >= 4 is 5.91 Å². The maximum atomic E-state index is 11.9. The van der Waals surface area contributed by atoms with Gasteiger partial charge in [0.05, 0.1) is 6.10 Å². The Morgan fingerprint density at radius 1 is 1.41 bits per heavy atom. The number of carbonyl (C=O) groups excluding carboxylic acids is 1. The largest absolute Gasteiger partial charge is 0.393 e. The van der Waals surface area contributed by atoms with Crippen molar-refractivity contribution in [1.82, 2.24) is 10.2 Å². The number of hydrogen-bond donors (Lipinski definition) is 2. The highest BCUT2D eigenvalue weighted by molar-refractivity contribution is 5.75. The van der Waals surface area contributed by atoms with Gasteiger partial charge in [0.2, 0.25) is 5.91 Å². The van der Waals surface area contributed by atoms with Crippen LogP contribution in [0.4, 0.5) is 0 Å². The molecule has 0 spiro atoms. The van der Waals surface area contributed by atoms with E-state index in [-0.39, 0.29) is 12.0 Å². The normalized spacial score (nSPS) is 32.2. The Balaban J connectivity index is 1.61. The van der Waals surface area contributed by atoms with Gasteiger partial charge in [0, 0.05) is 20.0 Å². The summed E-state index contributed by atoms with van der Waals surface area (Å²) in [5.74, 6) is 1.48. The Morgan fingerprint density at radius 3 is 2.76 bits per heavy atom. The minimum Gasteiger partial charge on any atom is -0.393 e. The zero-order chi connectivity index (χ0) is 12.3. The van der Waals surface area contributed by atoms with Gasteiger partial charge < -0.3 is 15.3 Å². The molecule has 1 unspecified atom stereocenters. The van der Waals surface area contributed by atoms with E-state index in [1.54, 1.807) is 0 Å². The summed E-state index contributed by atoms with van der Waals surface area (Å²) in [6.45, 7) is 3.00. The first-order chi connectivity index (χ1) is 8.15. The Hall–Kier alpha value is -0.610. The topological polar surface area (TPSA) is 52.6 Å². The van der Waals surface area contributed by atoms with Gasteiger partial charge in [-0.2, -0.15) is 0 Å². The van der Waals surface area contributed by atoms with Gasteiger partial charge >= 0.3 is 0 Å². The number of aliphatic hydroxyl groups excluding tert-OH is 1. The average molecular weight is 240 g/mol. The van der Waals surface area contributed by atoms with Crippen molar-refractivity contribution in [3.63, 3.8) is 0 Å². The zero-order valence-corrected chi connectivity index (χ0v) is 10.7. The van der Waals surface area contributed by atoms with Gasteiger partial charge in [-0.25, -0.2) is 0 Å². The molecule has 1 saturated heterocycles. The number of amides is 1. The Morgan fingerprint density at radius 2 is 2.18 bits per heavy atom. The highest BCUT2D eigenvalue weighted by Gasteiger charge is 2.29. The second kappa shape index (κ2) is 5.83. The molecule has 2 fully saturated rings. The maximum Gasteiger partial charge on any atom is 0.222 e. The van der Waals surface area contributed by atoms with Crippen LogP contribution in [0.1, 0.15) is 32.1 Å². The van der Waals surface area contributed by atoms with Crippen molar-refractivity contribution in [2.24, 2.45) is 11.8 Å². The molecule has 0 aromatic rings. The number of aliphatic hydroxyl groups is 1. The van der Waals surface area contributed by atoms with Gasteiger partial charge in [0.1, 0.15) is 0 Å². The molecule has 1 heterocycles. The molecule has 0 aromatic heterocycles. The van der Waals surface area contributed by atoms with E-state index in [0.717, 1.165) is 38.9 Å². The molecule has 1 atom stereocenters. The molecule has 0 bridgehead atoms. The number of rotatable bonds is 5. The summed E-state index contributed by atoms with van der Waals surface area (Å²) in [4.78, 5) is 13.7. The lowest BCUT2D eigenvalue weighted by Crippen LogP contribution is -2.39. The maximum absolute atomic E-state index is 11.9. The van der Waals surface area contributed by atoms with E-state index in [1.165, 1.54) is 6.42 Å². The van der Waals surface area contributed by atoms with Crippen molar-refractivity contribution in [1.29, 1.82) is 0 Å². The van der Waals surface area contributed by atoms with E-state index >= 15 is 0 Å². The van der Waals surface area contributed by atoms with E-state index in [9.17, 15) is 9.90 Å². The highest BCUT2D eigenvalue weighted by Crippen LogP contribution is 2.27. The third-order valence-electron chi connectivity index (χ3n) is 4.10. The van der Waals surface area contributed by atoms with Crippen LogP contribution in [0.5, 0.6) is 0 Å². The summed E-state index contributed by atoms with van der Waals surface area (Å²) in [5, 5.41) is 12.5. The molecule has 4 nitrogen and oxygen atoms in total. The Bertz CT molecular complexity index is 258. The average Bonchev–Trinajstić information content (AvgIpc) is 2.76. The molecule has 4 heteroatoms. The van der Waals surface area contributed by atoms with Crippen LogP contribution in [0.2, 0.25) is 0 Å². The molecule has 1 aliphatic carbocycles. The zero-order valence-electron chi connectivity index (χ0n) is 10.7. The van der Waals surface area contributed by atoms with Gasteiger partial charge in [0.15, 0.2) is 0 Å². The first kappa shape index (κ1) is 12.8. The van der Waals surface area contributed by atoms with Crippen LogP contribution in [0, 0.1) is 11.8 Å². The molecule has 1 aliphatic heterocycles. The number of nitrogens with one attached hydrogen (secondary N) is 1.